The van der Waals surface area contributed by atoms with Crippen molar-refractivity contribution in [3.8, 4) is 5.69 Å². The maximum absolute atomic E-state index is 4.91. The molecule has 1 aromatic carbocycles. The highest BCUT2D eigenvalue weighted by atomic mass is 15.3. The second-order valence-electron chi connectivity index (χ2n) is 8.76. The van der Waals surface area contributed by atoms with E-state index in [0.29, 0.717) is 12.6 Å². The number of pyridine rings is 1. The topological polar surface area (TPSA) is 70.4 Å². The number of hydrogen-bond donors (Lipinski definition) is 2. The molecule has 3 aromatic rings. The number of guanidine groups is 1. The van der Waals surface area contributed by atoms with E-state index in [2.05, 4.69) is 88.9 Å². The van der Waals surface area contributed by atoms with Crippen LogP contribution in [0.15, 0.2) is 53.7 Å². The molecule has 0 amide bonds. The molecule has 33 heavy (non-hydrogen) atoms. The summed E-state index contributed by atoms with van der Waals surface area (Å²) in [5.74, 6) is 1.94. The number of rotatable bonds is 6. The van der Waals surface area contributed by atoms with Crippen LogP contribution in [0.2, 0.25) is 0 Å². The highest BCUT2D eigenvalue weighted by molar-refractivity contribution is 5.80. The lowest BCUT2D eigenvalue weighted by atomic mass is 10.1. The van der Waals surface area contributed by atoms with E-state index in [1.807, 2.05) is 17.8 Å². The van der Waals surface area contributed by atoms with Crippen molar-refractivity contribution in [2.24, 2.45) is 4.99 Å². The van der Waals surface area contributed by atoms with Gasteiger partial charge in [-0.1, -0.05) is 24.3 Å². The van der Waals surface area contributed by atoms with E-state index in [-0.39, 0.29) is 0 Å². The molecule has 0 bridgehead atoms. The number of hydrogen-bond acceptors (Lipinski definition) is 4. The quantitative estimate of drug-likeness (QED) is 0.445. The predicted octanol–water partition coefficient (Wildman–Crippen LogP) is 3.92. The van der Waals surface area contributed by atoms with Crippen molar-refractivity contribution in [2.45, 2.75) is 53.1 Å². The first-order valence-corrected chi connectivity index (χ1v) is 11.9. The lowest BCUT2D eigenvalue weighted by molar-refractivity contribution is 0.459. The van der Waals surface area contributed by atoms with Crippen LogP contribution in [0, 0.1) is 20.8 Å². The van der Waals surface area contributed by atoms with Crippen LogP contribution in [0.25, 0.3) is 5.69 Å². The average molecular weight is 446 g/mol. The van der Waals surface area contributed by atoms with E-state index in [1.54, 1.807) is 0 Å². The van der Waals surface area contributed by atoms with Crippen molar-refractivity contribution < 1.29 is 0 Å². The van der Waals surface area contributed by atoms with Gasteiger partial charge in [0, 0.05) is 37.6 Å². The Morgan fingerprint density at radius 1 is 1.09 bits per heavy atom. The average Bonchev–Trinajstić information content (AvgIpc) is 3.16. The normalized spacial score (nSPS) is 15.0. The van der Waals surface area contributed by atoms with Gasteiger partial charge in [0.15, 0.2) is 5.96 Å². The molecule has 2 N–H and O–H groups in total. The number of aromatic nitrogens is 3. The van der Waals surface area contributed by atoms with Crippen LogP contribution < -0.4 is 15.5 Å². The number of anilines is 1. The Bertz CT molecular complexity index is 1080. The molecule has 0 unspecified atom stereocenters. The first kappa shape index (κ1) is 22.8. The molecule has 7 heteroatoms. The third kappa shape index (κ3) is 5.72. The second-order valence-corrected chi connectivity index (χ2v) is 8.76. The molecule has 1 aliphatic rings. The molecular formula is C26H35N7. The van der Waals surface area contributed by atoms with Gasteiger partial charge in [0.25, 0.3) is 0 Å². The molecule has 1 saturated heterocycles. The zero-order chi connectivity index (χ0) is 23.2. The van der Waals surface area contributed by atoms with E-state index in [9.17, 15) is 0 Å². The first-order chi connectivity index (χ1) is 16.0. The summed E-state index contributed by atoms with van der Waals surface area (Å²) in [6.07, 6.45) is 4.06. The van der Waals surface area contributed by atoms with Gasteiger partial charge in [0.05, 0.1) is 17.9 Å². The van der Waals surface area contributed by atoms with Crippen LogP contribution in [0.4, 0.5) is 5.82 Å². The van der Waals surface area contributed by atoms with Crippen molar-refractivity contribution in [1.82, 2.24) is 25.4 Å². The summed E-state index contributed by atoms with van der Waals surface area (Å²) < 4.78 is 2.01. The van der Waals surface area contributed by atoms with Crippen LogP contribution in [-0.4, -0.2) is 46.4 Å². The van der Waals surface area contributed by atoms with E-state index in [0.717, 1.165) is 66.9 Å². The third-order valence-electron chi connectivity index (χ3n) is 6.04. The second kappa shape index (κ2) is 10.5. The SMILES string of the molecule is CCNC(=NCc1ccccc1-n1nc(C)cc1C)NC1CCN(c2ccc(C)cn2)CC1. The standard InChI is InChI=1S/C26H35N7/c1-5-27-26(30-23-12-14-32(15-13-23)25-11-10-19(2)17-28-25)29-18-22-8-6-7-9-24(22)33-21(4)16-20(3)31-33/h6-11,16-17,23H,5,12-15,18H2,1-4H3,(H2,27,29,30). The molecule has 3 heterocycles. The van der Waals surface area contributed by atoms with Crippen LogP contribution in [0.3, 0.4) is 0 Å². The van der Waals surface area contributed by atoms with Gasteiger partial charge in [-0.25, -0.2) is 14.7 Å². The van der Waals surface area contributed by atoms with Crippen molar-refractivity contribution >= 4 is 11.8 Å². The molecule has 0 spiro atoms. The van der Waals surface area contributed by atoms with Gasteiger partial charge in [0.2, 0.25) is 0 Å². The zero-order valence-corrected chi connectivity index (χ0v) is 20.2. The largest absolute Gasteiger partial charge is 0.357 e. The number of aryl methyl sites for hydroxylation is 3. The summed E-state index contributed by atoms with van der Waals surface area (Å²) in [5.41, 5.74) is 5.58. The van der Waals surface area contributed by atoms with Gasteiger partial charge < -0.3 is 15.5 Å². The molecule has 1 aliphatic heterocycles. The maximum atomic E-state index is 4.91. The Morgan fingerprint density at radius 3 is 2.55 bits per heavy atom. The van der Waals surface area contributed by atoms with Gasteiger partial charge in [0.1, 0.15) is 5.82 Å². The van der Waals surface area contributed by atoms with E-state index in [1.165, 1.54) is 5.56 Å². The van der Waals surface area contributed by atoms with Gasteiger partial charge in [-0.2, -0.15) is 5.10 Å². The molecule has 1 fully saturated rings. The number of aliphatic imine (C=N–C) groups is 1. The minimum atomic E-state index is 0.399. The predicted molar refractivity (Wildman–Crippen MR) is 135 cm³/mol. The Morgan fingerprint density at radius 2 is 1.88 bits per heavy atom. The Hall–Kier alpha value is -3.35. The fourth-order valence-corrected chi connectivity index (χ4v) is 4.30. The van der Waals surface area contributed by atoms with Crippen LogP contribution in [0.5, 0.6) is 0 Å². The molecule has 2 aromatic heterocycles. The van der Waals surface area contributed by atoms with Crippen molar-refractivity contribution in [3.05, 3.63) is 71.2 Å². The maximum Gasteiger partial charge on any atom is 0.191 e. The number of nitrogens with one attached hydrogen (secondary N) is 2. The lowest BCUT2D eigenvalue weighted by Gasteiger charge is -2.33. The number of piperidine rings is 1. The molecule has 0 aliphatic carbocycles. The number of para-hydroxylation sites is 1. The molecule has 0 saturated carbocycles. The van der Waals surface area contributed by atoms with Crippen molar-refractivity contribution in [3.63, 3.8) is 0 Å². The lowest BCUT2D eigenvalue weighted by Crippen LogP contribution is -2.48. The van der Waals surface area contributed by atoms with Crippen LogP contribution in [-0.2, 0) is 6.54 Å². The number of nitrogens with zero attached hydrogens (tertiary/aromatic N) is 5. The summed E-state index contributed by atoms with van der Waals surface area (Å²) in [4.78, 5) is 11.9. The fourth-order valence-electron chi connectivity index (χ4n) is 4.30. The molecule has 0 atom stereocenters. The van der Waals surface area contributed by atoms with Crippen molar-refractivity contribution in [2.75, 3.05) is 24.5 Å². The van der Waals surface area contributed by atoms with Crippen LogP contribution in [0.1, 0.15) is 42.3 Å². The summed E-state index contributed by atoms with van der Waals surface area (Å²) in [5, 5.41) is 11.7. The molecule has 4 rings (SSSR count). The Kier molecular flexibility index (Phi) is 7.27. The van der Waals surface area contributed by atoms with Crippen LogP contribution >= 0.6 is 0 Å². The van der Waals surface area contributed by atoms with E-state index < -0.39 is 0 Å². The zero-order valence-electron chi connectivity index (χ0n) is 20.2. The monoisotopic (exact) mass is 445 g/mol. The highest BCUT2D eigenvalue weighted by Gasteiger charge is 2.21. The Labute approximate surface area is 197 Å². The minimum absolute atomic E-state index is 0.399. The van der Waals surface area contributed by atoms with Gasteiger partial charge in [-0.3, -0.25) is 0 Å². The molecular weight excluding hydrogens is 410 g/mol. The number of benzene rings is 1. The van der Waals surface area contributed by atoms with Gasteiger partial charge in [-0.05, 0) is 69.9 Å². The Balaban J connectivity index is 1.41. The van der Waals surface area contributed by atoms with Gasteiger partial charge >= 0.3 is 0 Å². The molecule has 0 radical (unpaired) electrons. The smallest absolute Gasteiger partial charge is 0.191 e. The summed E-state index contributed by atoms with van der Waals surface area (Å²) >= 11 is 0. The third-order valence-corrected chi connectivity index (χ3v) is 6.04. The van der Waals surface area contributed by atoms with Gasteiger partial charge in [-0.15, -0.1) is 0 Å². The summed E-state index contributed by atoms with van der Waals surface area (Å²) in [6, 6.07) is 15.1. The molecule has 174 valence electrons. The minimum Gasteiger partial charge on any atom is -0.357 e. The molecule has 7 nitrogen and oxygen atoms in total. The van der Waals surface area contributed by atoms with E-state index in [4.69, 9.17) is 4.99 Å². The fraction of sp³-hybridized carbons (Fsp3) is 0.423. The highest BCUT2D eigenvalue weighted by Crippen LogP contribution is 2.19. The van der Waals surface area contributed by atoms with Crippen molar-refractivity contribution in [1.29, 1.82) is 0 Å². The summed E-state index contributed by atoms with van der Waals surface area (Å²) in [6.45, 7) is 11.7. The summed E-state index contributed by atoms with van der Waals surface area (Å²) in [7, 11) is 0. The van der Waals surface area contributed by atoms with E-state index >= 15 is 0 Å². The first-order valence-electron chi connectivity index (χ1n) is 11.9.